The lowest BCUT2D eigenvalue weighted by molar-refractivity contribution is 0.0930. The van der Waals surface area contributed by atoms with Gasteiger partial charge in [-0.05, 0) is 64.3 Å². The molecule has 3 aromatic heterocycles. The average molecular weight is 558 g/mol. The van der Waals surface area contributed by atoms with Crippen molar-refractivity contribution in [2.75, 3.05) is 31.0 Å². The van der Waals surface area contributed by atoms with E-state index in [1.807, 2.05) is 6.92 Å². The van der Waals surface area contributed by atoms with Gasteiger partial charge in [0.2, 0.25) is 15.9 Å². The third kappa shape index (κ3) is 6.63. The molecule has 2 N–H and O–H groups in total. The second-order valence-electron chi connectivity index (χ2n) is 9.38. The lowest BCUT2D eigenvalue weighted by Gasteiger charge is -2.22. The van der Waals surface area contributed by atoms with Crippen LogP contribution in [0.2, 0.25) is 0 Å². The third-order valence-corrected chi connectivity index (χ3v) is 9.34. The zero-order valence-corrected chi connectivity index (χ0v) is 22.8. The minimum Gasteiger partial charge on any atom is -0.477 e. The Bertz CT molecular complexity index is 1370. The molecule has 202 valence electrons. The molecule has 3 aromatic rings. The maximum atomic E-state index is 13.3. The predicted octanol–water partition coefficient (Wildman–Crippen LogP) is 3.25. The predicted molar refractivity (Wildman–Crippen MR) is 145 cm³/mol. The third-order valence-electron chi connectivity index (χ3n) is 6.46. The summed E-state index contributed by atoms with van der Waals surface area (Å²) in [4.78, 5) is 33.7. The number of pyridine rings is 1. The van der Waals surface area contributed by atoms with Crippen molar-refractivity contribution in [3.63, 3.8) is 0 Å². The van der Waals surface area contributed by atoms with Gasteiger partial charge in [-0.3, -0.25) is 19.5 Å². The van der Waals surface area contributed by atoms with Gasteiger partial charge in [0.1, 0.15) is 5.69 Å². The van der Waals surface area contributed by atoms with Gasteiger partial charge in [-0.2, -0.15) is 0 Å². The first-order valence-electron chi connectivity index (χ1n) is 12.8. The number of carbonyl (C=O) groups excluding carboxylic acids is 1. The Morgan fingerprint density at radius 3 is 2.79 bits per heavy atom. The number of nitrogens with zero attached hydrogens (tertiary/aromatic N) is 5. The fourth-order valence-electron chi connectivity index (χ4n) is 4.34. The molecule has 0 aromatic carbocycles. The quantitative estimate of drug-likeness (QED) is 0.343. The van der Waals surface area contributed by atoms with E-state index in [-0.39, 0.29) is 11.2 Å². The van der Waals surface area contributed by atoms with Crippen LogP contribution in [0.3, 0.4) is 0 Å². The number of rotatable bonds is 12. The average Bonchev–Trinajstić information content (AvgIpc) is 3.44. The van der Waals surface area contributed by atoms with Crippen LogP contribution in [0.4, 0.5) is 5.69 Å². The highest BCUT2D eigenvalue weighted by Gasteiger charge is 2.35. The van der Waals surface area contributed by atoms with Crippen LogP contribution < -0.4 is 14.8 Å². The van der Waals surface area contributed by atoms with Crippen LogP contribution in [0.15, 0.2) is 36.9 Å². The van der Waals surface area contributed by atoms with Crippen molar-refractivity contribution in [1.29, 1.82) is 0 Å². The normalized spacial score (nSPS) is 16.8. The van der Waals surface area contributed by atoms with Crippen molar-refractivity contribution < 1.29 is 17.9 Å². The van der Waals surface area contributed by atoms with Gasteiger partial charge in [-0.15, -0.1) is 11.3 Å². The summed E-state index contributed by atoms with van der Waals surface area (Å²) in [6.45, 7) is 5.22. The Morgan fingerprint density at radius 1 is 1.21 bits per heavy atom. The molecule has 1 aliphatic heterocycles. The minimum absolute atomic E-state index is 0.292. The van der Waals surface area contributed by atoms with E-state index in [9.17, 15) is 13.2 Å². The second-order valence-corrected chi connectivity index (χ2v) is 12.4. The largest absolute Gasteiger partial charge is 0.477 e. The zero-order chi connectivity index (χ0) is 26.5. The molecule has 11 nitrogen and oxygen atoms in total. The maximum Gasteiger partial charge on any atom is 0.280 e. The van der Waals surface area contributed by atoms with Gasteiger partial charge in [0.05, 0.1) is 46.6 Å². The van der Waals surface area contributed by atoms with Crippen LogP contribution in [0.1, 0.15) is 60.6 Å². The Kier molecular flexibility index (Phi) is 8.15. The number of carbonyl (C=O) groups is 1. The first-order chi connectivity index (χ1) is 18.4. The zero-order valence-electron chi connectivity index (χ0n) is 21.2. The van der Waals surface area contributed by atoms with Crippen molar-refractivity contribution in [3.8, 4) is 16.5 Å². The number of sulfonamides is 1. The summed E-state index contributed by atoms with van der Waals surface area (Å²) in [6.07, 6.45) is 10.7. The van der Waals surface area contributed by atoms with Crippen LogP contribution in [0.25, 0.3) is 10.6 Å². The highest BCUT2D eigenvalue weighted by molar-refractivity contribution is 7.93. The van der Waals surface area contributed by atoms with Crippen molar-refractivity contribution in [2.45, 2.75) is 50.3 Å². The Morgan fingerprint density at radius 2 is 2.03 bits per heavy atom. The summed E-state index contributed by atoms with van der Waals surface area (Å²) in [5.74, 6) is 0.0852. The molecular weight excluding hydrogens is 526 g/mol. The topological polar surface area (TPSA) is 139 Å². The molecular formula is C25H31N7O4S2. The van der Waals surface area contributed by atoms with Crippen LogP contribution >= 0.6 is 11.3 Å². The van der Waals surface area contributed by atoms with Gasteiger partial charge in [0.25, 0.3) is 5.91 Å². The lowest BCUT2D eigenvalue weighted by Crippen LogP contribution is -2.32. The molecule has 38 heavy (non-hydrogen) atoms. The van der Waals surface area contributed by atoms with Crippen molar-refractivity contribution in [3.05, 3.63) is 47.6 Å². The van der Waals surface area contributed by atoms with E-state index in [0.29, 0.717) is 58.7 Å². The first kappa shape index (κ1) is 26.4. The molecule has 1 aliphatic carbocycles. The van der Waals surface area contributed by atoms with E-state index in [0.717, 1.165) is 19.6 Å². The molecule has 1 amide bonds. The fourth-order valence-corrected chi connectivity index (χ4v) is 6.49. The standard InChI is InChI=1S/C25H31N7O4S2/c1-2-36-23-16-26-14-21(29-23)22-15-28-25(37-22)24(33)30-19(8-12-32-10-3-4-11-32)20-13-17(7-9-27-20)31-38(34,35)18-5-6-18/h7,9,13-16,18-19H,2-6,8,10-12H2,1H3,(H,27,31)(H,30,33). The summed E-state index contributed by atoms with van der Waals surface area (Å²) < 4.78 is 33.0. The lowest BCUT2D eigenvalue weighted by atomic mass is 10.1. The molecule has 0 bridgehead atoms. The smallest absolute Gasteiger partial charge is 0.280 e. The van der Waals surface area contributed by atoms with Crippen molar-refractivity contribution >= 4 is 33.0 Å². The monoisotopic (exact) mass is 557 g/mol. The molecule has 5 rings (SSSR count). The highest BCUT2D eigenvalue weighted by atomic mass is 32.2. The number of hydrogen-bond acceptors (Lipinski definition) is 10. The Hall–Kier alpha value is -3.16. The summed E-state index contributed by atoms with van der Waals surface area (Å²) >= 11 is 1.22. The second kappa shape index (κ2) is 11.7. The van der Waals surface area contributed by atoms with Crippen LogP contribution in [-0.2, 0) is 10.0 Å². The van der Waals surface area contributed by atoms with E-state index in [1.54, 1.807) is 36.9 Å². The summed E-state index contributed by atoms with van der Waals surface area (Å²) in [5.41, 5.74) is 1.63. The van der Waals surface area contributed by atoms with Gasteiger partial charge >= 0.3 is 0 Å². The number of hydrogen-bond donors (Lipinski definition) is 2. The molecule has 1 unspecified atom stereocenters. The molecule has 1 atom stereocenters. The molecule has 1 saturated carbocycles. The van der Waals surface area contributed by atoms with E-state index in [1.165, 1.54) is 24.2 Å². The van der Waals surface area contributed by atoms with E-state index < -0.39 is 16.1 Å². The molecule has 0 radical (unpaired) electrons. The van der Waals surface area contributed by atoms with Gasteiger partial charge in [-0.1, -0.05) is 0 Å². The Labute approximate surface area is 226 Å². The Balaban J connectivity index is 1.33. The molecule has 2 aliphatic rings. The number of nitrogens with one attached hydrogen (secondary N) is 2. The summed E-state index contributed by atoms with van der Waals surface area (Å²) in [6, 6.07) is 2.92. The van der Waals surface area contributed by atoms with E-state index in [4.69, 9.17) is 4.74 Å². The maximum absolute atomic E-state index is 13.3. The van der Waals surface area contributed by atoms with Crippen LogP contribution in [0, 0.1) is 0 Å². The van der Waals surface area contributed by atoms with Gasteiger partial charge < -0.3 is 15.0 Å². The van der Waals surface area contributed by atoms with Gasteiger partial charge in [-0.25, -0.2) is 18.4 Å². The molecule has 4 heterocycles. The summed E-state index contributed by atoms with van der Waals surface area (Å²) in [5, 5.41) is 3.04. The van der Waals surface area contributed by atoms with Crippen molar-refractivity contribution in [2.24, 2.45) is 0 Å². The van der Waals surface area contributed by atoms with Crippen molar-refractivity contribution in [1.82, 2.24) is 30.2 Å². The number of thiazole rings is 1. The van der Waals surface area contributed by atoms with E-state index >= 15 is 0 Å². The molecule has 1 saturated heterocycles. The SMILES string of the molecule is CCOc1cncc(-c2cnc(C(=O)NC(CCN3CCCC3)c3cc(NS(=O)(=O)C4CC4)ccn3)s2)n1. The van der Waals surface area contributed by atoms with Gasteiger partial charge in [0, 0.05) is 18.9 Å². The highest BCUT2D eigenvalue weighted by Crippen LogP contribution is 2.31. The number of anilines is 1. The minimum atomic E-state index is -3.41. The fraction of sp³-hybridized carbons (Fsp3) is 0.480. The first-order valence-corrected chi connectivity index (χ1v) is 15.2. The number of amides is 1. The number of aromatic nitrogens is 4. The van der Waals surface area contributed by atoms with E-state index in [2.05, 4.69) is 34.9 Å². The van der Waals surface area contributed by atoms with Crippen LogP contribution in [-0.4, -0.2) is 70.7 Å². The molecule has 13 heteroatoms. The number of likely N-dealkylation sites (tertiary alicyclic amines) is 1. The van der Waals surface area contributed by atoms with Crippen LogP contribution in [0.5, 0.6) is 5.88 Å². The molecule has 2 fully saturated rings. The number of ether oxygens (including phenoxy) is 1. The molecule has 0 spiro atoms. The summed E-state index contributed by atoms with van der Waals surface area (Å²) in [7, 11) is -3.41. The van der Waals surface area contributed by atoms with Gasteiger partial charge in [0.15, 0.2) is 5.01 Å².